The summed E-state index contributed by atoms with van der Waals surface area (Å²) in [6, 6.07) is 8.36. The second-order valence-corrected chi connectivity index (χ2v) is 3.27. The molecule has 2 heteroatoms. The second kappa shape index (κ2) is 3.82. The SMILES string of the molecule is CC.c1ccc2c(c1)nc1n2CCC1. The van der Waals surface area contributed by atoms with Crippen LogP contribution < -0.4 is 0 Å². The van der Waals surface area contributed by atoms with Gasteiger partial charge in [0.05, 0.1) is 11.0 Å². The van der Waals surface area contributed by atoms with E-state index in [1.165, 1.54) is 17.8 Å². The molecule has 0 spiro atoms. The molecule has 0 bridgehead atoms. The minimum absolute atomic E-state index is 1.15. The van der Waals surface area contributed by atoms with Crippen molar-refractivity contribution in [2.24, 2.45) is 0 Å². The fourth-order valence-electron chi connectivity index (χ4n) is 1.96. The molecule has 14 heavy (non-hydrogen) atoms. The van der Waals surface area contributed by atoms with Crippen molar-refractivity contribution in [2.45, 2.75) is 33.2 Å². The third-order valence-electron chi connectivity index (χ3n) is 2.52. The highest BCUT2D eigenvalue weighted by atomic mass is 15.1. The number of para-hydroxylation sites is 2. The lowest BCUT2D eigenvalue weighted by Crippen LogP contribution is -1.90. The van der Waals surface area contributed by atoms with E-state index in [4.69, 9.17) is 0 Å². The second-order valence-electron chi connectivity index (χ2n) is 3.27. The Morgan fingerprint density at radius 3 is 2.86 bits per heavy atom. The van der Waals surface area contributed by atoms with Crippen LogP contribution in [0.3, 0.4) is 0 Å². The van der Waals surface area contributed by atoms with Gasteiger partial charge in [0.1, 0.15) is 5.82 Å². The van der Waals surface area contributed by atoms with Gasteiger partial charge in [-0.3, -0.25) is 0 Å². The number of nitrogens with zero attached hydrogens (tertiary/aromatic N) is 2. The molecule has 74 valence electrons. The summed E-state index contributed by atoms with van der Waals surface area (Å²) in [5, 5.41) is 0. The number of aryl methyl sites for hydroxylation is 2. The quantitative estimate of drug-likeness (QED) is 0.621. The third-order valence-corrected chi connectivity index (χ3v) is 2.52. The number of aromatic nitrogens is 2. The van der Waals surface area contributed by atoms with Crippen LogP contribution in [0.2, 0.25) is 0 Å². The van der Waals surface area contributed by atoms with Gasteiger partial charge >= 0.3 is 0 Å². The van der Waals surface area contributed by atoms with Crippen LogP contribution in [0.1, 0.15) is 26.1 Å². The lowest BCUT2D eigenvalue weighted by molar-refractivity contribution is 0.771. The van der Waals surface area contributed by atoms with E-state index in [1.54, 1.807) is 0 Å². The minimum atomic E-state index is 1.15. The Bertz CT molecular complexity index is 429. The molecule has 0 fully saturated rings. The topological polar surface area (TPSA) is 17.8 Å². The molecule has 0 atom stereocenters. The van der Waals surface area contributed by atoms with Crippen molar-refractivity contribution < 1.29 is 0 Å². The molecule has 0 amide bonds. The number of fused-ring (bicyclic) bond motifs is 3. The van der Waals surface area contributed by atoms with Gasteiger partial charge in [-0.2, -0.15) is 0 Å². The highest BCUT2D eigenvalue weighted by molar-refractivity contribution is 5.76. The predicted octanol–water partition coefficient (Wildman–Crippen LogP) is 3.01. The van der Waals surface area contributed by atoms with Crippen molar-refractivity contribution in [1.82, 2.24) is 9.55 Å². The molecule has 0 N–H and O–H groups in total. The molecule has 0 aliphatic carbocycles. The largest absolute Gasteiger partial charge is 0.328 e. The van der Waals surface area contributed by atoms with Gasteiger partial charge in [0.2, 0.25) is 0 Å². The van der Waals surface area contributed by atoms with Gasteiger partial charge in [-0.25, -0.2) is 4.98 Å². The van der Waals surface area contributed by atoms with E-state index >= 15 is 0 Å². The van der Waals surface area contributed by atoms with Crippen molar-refractivity contribution in [3.8, 4) is 0 Å². The average Bonchev–Trinajstić information content (AvgIpc) is 2.80. The molecule has 3 rings (SSSR count). The maximum atomic E-state index is 4.56. The predicted molar refractivity (Wildman–Crippen MR) is 59.4 cm³/mol. The molecule has 1 aliphatic rings. The number of imidazole rings is 1. The Hall–Kier alpha value is -1.31. The Labute approximate surface area is 84.6 Å². The highest BCUT2D eigenvalue weighted by Gasteiger charge is 2.14. The van der Waals surface area contributed by atoms with Crippen molar-refractivity contribution >= 4 is 11.0 Å². The molecule has 2 nitrogen and oxygen atoms in total. The lowest BCUT2D eigenvalue weighted by Gasteiger charge is -1.95. The molecule has 1 aliphatic heterocycles. The molecule has 1 aromatic heterocycles. The molecule has 0 saturated carbocycles. The van der Waals surface area contributed by atoms with Crippen molar-refractivity contribution in [2.75, 3.05) is 0 Å². The van der Waals surface area contributed by atoms with E-state index in [2.05, 4.69) is 27.8 Å². The number of benzene rings is 1. The molecule has 0 unspecified atom stereocenters. The Balaban J connectivity index is 0.000000354. The zero-order valence-electron chi connectivity index (χ0n) is 8.83. The van der Waals surface area contributed by atoms with Crippen molar-refractivity contribution in [3.63, 3.8) is 0 Å². The molecule has 2 heterocycles. The summed E-state index contributed by atoms with van der Waals surface area (Å²) < 4.78 is 2.33. The number of rotatable bonds is 0. The molecule has 2 aromatic rings. The van der Waals surface area contributed by atoms with Crippen LogP contribution in [0.15, 0.2) is 24.3 Å². The molecule has 1 aromatic carbocycles. The van der Waals surface area contributed by atoms with Gasteiger partial charge < -0.3 is 4.57 Å². The Morgan fingerprint density at radius 1 is 1.21 bits per heavy atom. The fraction of sp³-hybridized carbons (Fsp3) is 0.417. The first-order valence-electron chi connectivity index (χ1n) is 5.39. The summed E-state index contributed by atoms with van der Waals surface area (Å²) in [7, 11) is 0. The normalized spacial score (nSPS) is 13.6. The first-order valence-corrected chi connectivity index (χ1v) is 5.39. The van der Waals surface area contributed by atoms with Gasteiger partial charge in [-0.05, 0) is 18.6 Å². The highest BCUT2D eigenvalue weighted by Crippen LogP contribution is 2.21. The summed E-state index contributed by atoms with van der Waals surface area (Å²) in [5.74, 6) is 1.26. The fourth-order valence-corrected chi connectivity index (χ4v) is 1.96. The molecule has 0 radical (unpaired) electrons. The van der Waals surface area contributed by atoms with Crippen LogP contribution in [-0.2, 0) is 13.0 Å². The first-order chi connectivity index (χ1) is 6.95. The van der Waals surface area contributed by atoms with Gasteiger partial charge in [-0.15, -0.1) is 0 Å². The smallest absolute Gasteiger partial charge is 0.109 e. The Kier molecular flexibility index (Phi) is 2.53. The third kappa shape index (κ3) is 1.31. The van der Waals surface area contributed by atoms with E-state index < -0.39 is 0 Å². The van der Waals surface area contributed by atoms with Gasteiger partial charge in [0, 0.05) is 13.0 Å². The molecular weight excluding hydrogens is 172 g/mol. The van der Waals surface area contributed by atoms with Crippen LogP contribution in [0.4, 0.5) is 0 Å². The van der Waals surface area contributed by atoms with Gasteiger partial charge in [-0.1, -0.05) is 26.0 Å². The summed E-state index contributed by atoms with van der Waals surface area (Å²) in [5.41, 5.74) is 2.44. The summed E-state index contributed by atoms with van der Waals surface area (Å²) >= 11 is 0. The van der Waals surface area contributed by atoms with Crippen LogP contribution in [0, 0.1) is 0 Å². The Morgan fingerprint density at radius 2 is 2.00 bits per heavy atom. The average molecular weight is 188 g/mol. The van der Waals surface area contributed by atoms with Gasteiger partial charge in [0.15, 0.2) is 0 Å². The maximum Gasteiger partial charge on any atom is 0.109 e. The van der Waals surface area contributed by atoms with E-state index in [0.717, 1.165) is 18.5 Å². The zero-order valence-corrected chi connectivity index (χ0v) is 8.83. The summed E-state index contributed by atoms with van der Waals surface area (Å²) in [4.78, 5) is 4.56. The lowest BCUT2D eigenvalue weighted by atomic mass is 10.3. The minimum Gasteiger partial charge on any atom is -0.328 e. The number of hydrogen-bond acceptors (Lipinski definition) is 1. The van der Waals surface area contributed by atoms with Crippen LogP contribution in [0.5, 0.6) is 0 Å². The monoisotopic (exact) mass is 188 g/mol. The van der Waals surface area contributed by atoms with Crippen LogP contribution >= 0.6 is 0 Å². The van der Waals surface area contributed by atoms with E-state index in [9.17, 15) is 0 Å². The molecule has 0 saturated heterocycles. The summed E-state index contributed by atoms with van der Waals surface area (Å²) in [6.45, 7) is 5.15. The van der Waals surface area contributed by atoms with E-state index in [1.807, 2.05) is 19.9 Å². The zero-order chi connectivity index (χ0) is 9.97. The van der Waals surface area contributed by atoms with Crippen molar-refractivity contribution in [1.29, 1.82) is 0 Å². The standard InChI is InChI=1S/C10H10N2.C2H6/c1-2-5-9-8(4-1)11-10-6-3-7-12(9)10;1-2/h1-2,4-5H,3,6-7H2;1-2H3. The first kappa shape index (κ1) is 9.25. The van der Waals surface area contributed by atoms with Crippen LogP contribution in [-0.4, -0.2) is 9.55 Å². The number of hydrogen-bond donors (Lipinski definition) is 0. The van der Waals surface area contributed by atoms with Crippen molar-refractivity contribution in [3.05, 3.63) is 30.1 Å². The molecular formula is C12H16N2. The van der Waals surface area contributed by atoms with Gasteiger partial charge in [0.25, 0.3) is 0 Å². The maximum absolute atomic E-state index is 4.56. The van der Waals surface area contributed by atoms with E-state index in [-0.39, 0.29) is 0 Å². The van der Waals surface area contributed by atoms with Crippen LogP contribution in [0.25, 0.3) is 11.0 Å². The van der Waals surface area contributed by atoms with E-state index in [0.29, 0.717) is 0 Å². The summed E-state index contributed by atoms with van der Waals surface area (Å²) in [6.07, 6.45) is 2.40.